The van der Waals surface area contributed by atoms with Crippen molar-refractivity contribution in [2.75, 3.05) is 19.8 Å². The summed E-state index contributed by atoms with van der Waals surface area (Å²) in [6, 6.07) is 1.79. The van der Waals surface area contributed by atoms with E-state index in [-0.39, 0.29) is 18.1 Å². The van der Waals surface area contributed by atoms with E-state index in [0.29, 0.717) is 31.0 Å². The molecule has 5 fully saturated rings. The minimum atomic E-state index is -0.631. The van der Waals surface area contributed by atoms with Crippen molar-refractivity contribution in [1.82, 2.24) is 0 Å². The number of carbonyl (C=O) groups excluding carboxylic acids is 2. The predicted molar refractivity (Wildman–Crippen MR) is 101 cm³/mol. The standard InChI is InChI=1S/C22H29NO6/c1-14(11-23)21(25)29-22-9-15-6-16(10-22)8-17(7-15)18(22)12-26-13-19(24)28-20-4-2-3-5-27-20/h15-18,20H,1-10,12-13H2. The Hall–Kier alpha value is -1.91. The summed E-state index contributed by atoms with van der Waals surface area (Å²) < 4.78 is 22.4. The van der Waals surface area contributed by atoms with E-state index < -0.39 is 23.8 Å². The maximum atomic E-state index is 12.3. The first-order valence-electron chi connectivity index (χ1n) is 10.7. The highest BCUT2D eigenvalue weighted by molar-refractivity contribution is 5.92. The van der Waals surface area contributed by atoms with Gasteiger partial charge in [0.15, 0.2) is 0 Å². The van der Waals surface area contributed by atoms with Crippen LogP contribution in [0.4, 0.5) is 0 Å². The molecule has 7 nitrogen and oxygen atoms in total. The van der Waals surface area contributed by atoms with E-state index in [9.17, 15) is 9.59 Å². The molecule has 29 heavy (non-hydrogen) atoms. The van der Waals surface area contributed by atoms with Crippen molar-refractivity contribution in [3.05, 3.63) is 12.2 Å². The molecule has 0 aromatic carbocycles. The largest absolute Gasteiger partial charge is 0.455 e. The molecule has 158 valence electrons. The SMILES string of the molecule is C=C(C#N)C(=O)OC12CC3CC(CC(C3)C1COCC(=O)OC1CCCCO1)C2. The van der Waals surface area contributed by atoms with E-state index >= 15 is 0 Å². The van der Waals surface area contributed by atoms with E-state index in [1.807, 2.05) is 0 Å². The number of nitrogens with zero attached hydrogens (tertiary/aromatic N) is 1. The lowest BCUT2D eigenvalue weighted by atomic mass is 9.50. The van der Waals surface area contributed by atoms with Crippen molar-refractivity contribution in [2.45, 2.75) is 63.3 Å². The van der Waals surface area contributed by atoms with Gasteiger partial charge >= 0.3 is 11.9 Å². The molecule has 4 unspecified atom stereocenters. The molecule has 0 spiro atoms. The molecule has 0 N–H and O–H groups in total. The minimum absolute atomic E-state index is 0.0319. The number of esters is 2. The summed E-state index contributed by atoms with van der Waals surface area (Å²) in [5.41, 5.74) is -0.779. The van der Waals surface area contributed by atoms with Gasteiger partial charge in [-0.1, -0.05) is 6.58 Å². The van der Waals surface area contributed by atoms with Gasteiger partial charge in [0.05, 0.1) is 13.2 Å². The topological polar surface area (TPSA) is 94.9 Å². The third kappa shape index (κ3) is 4.34. The van der Waals surface area contributed by atoms with Crippen LogP contribution in [0.1, 0.15) is 51.4 Å². The Kier molecular flexibility index (Phi) is 5.93. The minimum Gasteiger partial charge on any atom is -0.455 e. The molecule has 4 atom stereocenters. The highest BCUT2D eigenvalue weighted by atomic mass is 16.7. The summed E-state index contributed by atoms with van der Waals surface area (Å²) in [6.45, 7) is 4.33. The van der Waals surface area contributed by atoms with Gasteiger partial charge in [-0.25, -0.2) is 9.59 Å². The Morgan fingerprint density at radius 1 is 1.17 bits per heavy atom. The van der Waals surface area contributed by atoms with Gasteiger partial charge in [0.1, 0.15) is 23.9 Å². The van der Waals surface area contributed by atoms with Crippen LogP contribution < -0.4 is 0 Å². The molecule has 0 amide bonds. The molecule has 0 radical (unpaired) electrons. The Balaban J connectivity index is 1.36. The first-order valence-corrected chi connectivity index (χ1v) is 10.7. The zero-order chi connectivity index (χ0) is 20.4. The summed E-state index contributed by atoms with van der Waals surface area (Å²) in [4.78, 5) is 24.4. The second kappa shape index (κ2) is 8.45. The van der Waals surface area contributed by atoms with Crippen molar-refractivity contribution < 1.29 is 28.5 Å². The molecular formula is C22H29NO6. The zero-order valence-electron chi connectivity index (χ0n) is 16.8. The second-order valence-corrected chi connectivity index (χ2v) is 9.06. The molecule has 5 aliphatic rings. The van der Waals surface area contributed by atoms with Gasteiger partial charge in [-0.3, -0.25) is 0 Å². The third-order valence-corrected chi connectivity index (χ3v) is 7.05. The highest BCUT2D eigenvalue weighted by Gasteiger charge is 2.59. The highest BCUT2D eigenvalue weighted by Crippen LogP contribution is 2.60. The van der Waals surface area contributed by atoms with Gasteiger partial charge in [0, 0.05) is 12.3 Å². The summed E-state index contributed by atoms with van der Waals surface area (Å²) in [7, 11) is 0. The van der Waals surface area contributed by atoms with Crippen molar-refractivity contribution in [2.24, 2.45) is 23.7 Å². The molecule has 4 aliphatic carbocycles. The fraction of sp³-hybridized carbons (Fsp3) is 0.773. The van der Waals surface area contributed by atoms with Crippen LogP contribution >= 0.6 is 0 Å². The smallest absolute Gasteiger partial charge is 0.348 e. The van der Waals surface area contributed by atoms with Crippen LogP contribution in [-0.2, 0) is 28.5 Å². The fourth-order valence-corrected chi connectivity index (χ4v) is 6.06. The fourth-order valence-electron chi connectivity index (χ4n) is 6.06. The first-order chi connectivity index (χ1) is 14.0. The number of rotatable bonds is 7. The number of carbonyl (C=O) groups is 2. The van der Waals surface area contributed by atoms with E-state index in [1.165, 1.54) is 6.42 Å². The van der Waals surface area contributed by atoms with Crippen LogP contribution in [0.3, 0.4) is 0 Å². The molecular weight excluding hydrogens is 374 g/mol. The quantitative estimate of drug-likeness (QED) is 0.366. The Labute approximate surface area is 171 Å². The van der Waals surface area contributed by atoms with Crippen LogP contribution in [-0.4, -0.2) is 43.7 Å². The number of ether oxygens (including phenoxy) is 4. The summed E-state index contributed by atoms with van der Waals surface area (Å²) in [5.74, 6) is 0.505. The van der Waals surface area contributed by atoms with Crippen LogP contribution in [0.5, 0.6) is 0 Å². The Bertz CT molecular complexity index is 693. The normalized spacial score (nSPS) is 37.6. The molecule has 1 saturated heterocycles. The van der Waals surface area contributed by atoms with Crippen LogP contribution in [0.2, 0.25) is 0 Å². The van der Waals surface area contributed by atoms with Gasteiger partial charge in [0.2, 0.25) is 6.29 Å². The summed E-state index contributed by atoms with van der Waals surface area (Å²) in [5, 5.41) is 8.98. The van der Waals surface area contributed by atoms with Gasteiger partial charge in [-0.05, 0) is 62.7 Å². The Morgan fingerprint density at radius 2 is 1.93 bits per heavy atom. The molecule has 7 heteroatoms. The maximum Gasteiger partial charge on any atom is 0.348 e. The van der Waals surface area contributed by atoms with E-state index in [0.717, 1.165) is 44.9 Å². The van der Waals surface area contributed by atoms with E-state index in [2.05, 4.69) is 6.58 Å². The lowest BCUT2D eigenvalue weighted by molar-refractivity contribution is -0.216. The van der Waals surface area contributed by atoms with Crippen LogP contribution in [0, 0.1) is 35.0 Å². The van der Waals surface area contributed by atoms with Crippen LogP contribution in [0.15, 0.2) is 12.2 Å². The van der Waals surface area contributed by atoms with Crippen molar-refractivity contribution >= 4 is 11.9 Å². The number of hydrogen-bond acceptors (Lipinski definition) is 7. The second-order valence-electron chi connectivity index (χ2n) is 9.06. The van der Waals surface area contributed by atoms with Crippen molar-refractivity contribution in [3.8, 4) is 6.07 Å². The average molecular weight is 403 g/mol. The van der Waals surface area contributed by atoms with Gasteiger partial charge in [-0.2, -0.15) is 5.26 Å². The molecule has 0 aromatic heterocycles. The number of nitriles is 1. The zero-order valence-corrected chi connectivity index (χ0v) is 16.8. The lowest BCUT2D eigenvalue weighted by Gasteiger charge is -2.60. The number of hydrogen-bond donors (Lipinski definition) is 0. The molecule has 4 saturated carbocycles. The van der Waals surface area contributed by atoms with Gasteiger partial charge in [0.25, 0.3) is 0 Å². The molecule has 0 aromatic rings. The lowest BCUT2D eigenvalue weighted by Crippen LogP contribution is -2.60. The van der Waals surface area contributed by atoms with E-state index in [1.54, 1.807) is 6.07 Å². The summed E-state index contributed by atoms with van der Waals surface area (Å²) >= 11 is 0. The molecule has 1 heterocycles. The van der Waals surface area contributed by atoms with Crippen molar-refractivity contribution in [1.29, 1.82) is 5.26 Å². The molecule has 5 rings (SSSR count). The monoisotopic (exact) mass is 403 g/mol. The molecule has 1 aliphatic heterocycles. The van der Waals surface area contributed by atoms with Crippen LogP contribution in [0.25, 0.3) is 0 Å². The van der Waals surface area contributed by atoms with Gasteiger partial charge < -0.3 is 18.9 Å². The van der Waals surface area contributed by atoms with E-state index in [4.69, 9.17) is 24.2 Å². The summed E-state index contributed by atoms with van der Waals surface area (Å²) in [6.07, 6.45) is 7.27. The molecule has 4 bridgehead atoms. The maximum absolute atomic E-state index is 12.3. The average Bonchev–Trinajstić information content (AvgIpc) is 2.69. The Morgan fingerprint density at radius 3 is 2.59 bits per heavy atom. The van der Waals surface area contributed by atoms with Gasteiger partial charge in [-0.15, -0.1) is 0 Å². The van der Waals surface area contributed by atoms with Crippen molar-refractivity contribution in [3.63, 3.8) is 0 Å². The third-order valence-electron chi connectivity index (χ3n) is 7.05. The first kappa shape index (κ1) is 20.4. The predicted octanol–water partition coefficient (Wildman–Crippen LogP) is 2.89.